The highest BCUT2D eigenvalue weighted by molar-refractivity contribution is 5.81. The van der Waals surface area contributed by atoms with Gasteiger partial charge < -0.3 is 4.74 Å². The second kappa shape index (κ2) is 8.06. The third-order valence-electron chi connectivity index (χ3n) is 4.21. The lowest BCUT2D eigenvalue weighted by molar-refractivity contribution is -0.143. The topological polar surface area (TPSA) is 43.4 Å². The van der Waals surface area contributed by atoms with E-state index in [1.165, 1.54) is 0 Å². The molecule has 4 heteroatoms. The molecule has 0 aromatic heterocycles. The number of halogens is 1. The van der Waals surface area contributed by atoms with Gasteiger partial charge in [-0.2, -0.15) is 0 Å². The molecule has 0 atom stereocenters. The first kappa shape index (κ1) is 18.8. The minimum absolute atomic E-state index is 0.149. The summed E-state index contributed by atoms with van der Waals surface area (Å²) < 4.78 is 19.4. The number of carbonyl (C=O) groups excluding carboxylic acids is 2. The largest absolute Gasteiger partial charge is 0.466 e. The summed E-state index contributed by atoms with van der Waals surface area (Å²) in [5.41, 5.74) is 5.47. The predicted molar refractivity (Wildman–Crippen MR) is 96.4 cm³/mol. The van der Waals surface area contributed by atoms with E-state index in [1.54, 1.807) is 26.0 Å². The highest BCUT2D eigenvalue weighted by Gasteiger charge is 2.14. The number of benzene rings is 2. The van der Waals surface area contributed by atoms with E-state index < -0.39 is 0 Å². The number of aryl methyl sites for hydroxylation is 4. The van der Waals surface area contributed by atoms with Crippen molar-refractivity contribution in [1.82, 2.24) is 0 Å². The maximum absolute atomic E-state index is 14.5. The third-order valence-corrected chi connectivity index (χ3v) is 4.21. The normalized spacial score (nSPS) is 10.6. The molecule has 0 aliphatic rings. The molecule has 0 aliphatic carbocycles. The maximum Gasteiger partial charge on any atom is 0.306 e. The van der Waals surface area contributed by atoms with E-state index in [9.17, 15) is 14.0 Å². The monoisotopic (exact) mass is 342 g/mol. The van der Waals surface area contributed by atoms with Crippen LogP contribution in [-0.2, 0) is 16.0 Å². The van der Waals surface area contributed by atoms with Crippen molar-refractivity contribution >= 4 is 12.3 Å². The maximum atomic E-state index is 14.5. The van der Waals surface area contributed by atoms with Crippen molar-refractivity contribution in [2.75, 3.05) is 6.61 Å². The van der Waals surface area contributed by atoms with Crippen LogP contribution in [0.5, 0.6) is 0 Å². The first-order valence-corrected chi connectivity index (χ1v) is 8.38. The van der Waals surface area contributed by atoms with Gasteiger partial charge in [0.1, 0.15) is 12.1 Å². The van der Waals surface area contributed by atoms with Gasteiger partial charge in [0.15, 0.2) is 0 Å². The Hall–Kier alpha value is -2.49. The van der Waals surface area contributed by atoms with Gasteiger partial charge in [-0.05, 0) is 91.8 Å². The summed E-state index contributed by atoms with van der Waals surface area (Å²) in [6.45, 7) is 7.66. The minimum Gasteiger partial charge on any atom is -0.466 e. The number of ether oxygens (including phenoxy) is 1. The van der Waals surface area contributed by atoms with Crippen molar-refractivity contribution in [2.24, 2.45) is 0 Å². The van der Waals surface area contributed by atoms with Gasteiger partial charge in [-0.25, -0.2) is 4.39 Å². The molecule has 0 saturated heterocycles. The molecule has 0 spiro atoms. The highest BCUT2D eigenvalue weighted by atomic mass is 19.1. The zero-order valence-electron chi connectivity index (χ0n) is 15.1. The standard InChI is InChI=1S/C21H23FO3/c1-5-25-19(24)7-6-17-11-18(10-15(4)21(17)22)20-13(2)8-16(12-23)9-14(20)3/h8-12H,5-7H2,1-4H3. The second-order valence-corrected chi connectivity index (χ2v) is 6.22. The SMILES string of the molecule is CCOC(=O)CCc1cc(-c2c(C)cc(C=O)cc2C)cc(C)c1F. The fourth-order valence-corrected chi connectivity index (χ4v) is 3.16. The Kier molecular flexibility index (Phi) is 6.07. The minimum atomic E-state index is -0.326. The molecule has 0 amide bonds. The molecule has 0 radical (unpaired) electrons. The van der Waals surface area contributed by atoms with Gasteiger partial charge in [0.2, 0.25) is 0 Å². The number of esters is 1. The van der Waals surface area contributed by atoms with Crippen LogP contribution in [0.1, 0.15) is 46.0 Å². The summed E-state index contributed by atoms with van der Waals surface area (Å²) in [7, 11) is 0. The second-order valence-electron chi connectivity index (χ2n) is 6.22. The number of hydrogen-bond donors (Lipinski definition) is 0. The fraction of sp³-hybridized carbons (Fsp3) is 0.333. The molecule has 0 aliphatic heterocycles. The van der Waals surface area contributed by atoms with Crippen molar-refractivity contribution in [3.63, 3.8) is 0 Å². The molecule has 0 fully saturated rings. The number of hydrogen-bond acceptors (Lipinski definition) is 3. The van der Waals surface area contributed by atoms with Crippen LogP contribution in [0.25, 0.3) is 11.1 Å². The molecule has 0 bridgehead atoms. The number of aldehydes is 1. The lowest BCUT2D eigenvalue weighted by Gasteiger charge is -2.15. The Morgan fingerprint density at radius 1 is 1.08 bits per heavy atom. The average molecular weight is 342 g/mol. The van der Waals surface area contributed by atoms with E-state index >= 15 is 0 Å². The zero-order valence-corrected chi connectivity index (χ0v) is 15.1. The summed E-state index contributed by atoms with van der Waals surface area (Å²) in [6.07, 6.45) is 1.27. The summed E-state index contributed by atoms with van der Waals surface area (Å²) in [5.74, 6) is -0.611. The molecular formula is C21H23FO3. The average Bonchev–Trinajstić information content (AvgIpc) is 2.56. The molecule has 0 heterocycles. The van der Waals surface area contributed by atoms with E-state index in [0.29, 0.717) is 29.7 Å². The summed E-state index contributed by atoms with van der Waals surface area (Å²) in [6, 6.07) is 7.25. The predicted octanol–water partition coefficient (Wildman–Crippen LogP) is 4.73. The Morgan fingerprint density at radius 2 is 1.72 bits per heavy atom. The van der Waals surface area contributed by atoms with E-state index in [4.69, 9.17) is 4.74 Å². The Morgan fingerprint density at radius 3 is 2.28 bits per heavy atom. The molecule has 2 aromatic rings. The molecule has 132 valence electrons. The van der Waals surface area contributed by atoms with E-state index in [1.807, 2.05) is 26.0 Å². The van der Waals surface area contributed by atoms with Crippen LogP contribution in [-0.4, -0.2) is 18.9 Å². The van der Waals surface area contributed by atoms with Crippen molar-refractivity contribution < 1.29 is 18.7 Å². The van der Waals surface area contributed by atoms with Crippen LogP contribution in [0, 0.1) is 26.6 Å². The summed E-state index contributed by atoms with van der Waals surface area (Å²) >= 11 is 0. The molecule has 2 rings (SSSR count). The molecule has 25 heavy (non-hydrogen) atoms. The van der Waals surface area contributed by atoms with Gasteiger partial charge in [0.05, 0.1) is 6.61 Å². The van der Waals surface area contributed by atoms with Gasteiger partial charge in [-0.15, -0.1) is 0 Å². The zero-order chi connectivity index (χ0) is 18.6. The lowest BCUT2D eigenvalue weighted by atomic mass is 9.91. The van der Waals surface area contributed by atoms with Crippen LogP contribution in [0.3, 0.4) is 0 Å². The Labute approximate surface area is 147 Å². The van der Waals surface area contributed by atoms with E-state index in [-0.39, 0.29) is 18.2 Å². The highest BCUT2D eigenvalue weighted by Crippen LogP contribution is 2.31. The lowest BCUT2D eigenvalue weighted by Crippen LogP contribution is -2.06. The van der Waals surface area contributed by atoms with Gasteiger partial charge >= 0.3 is 5.97 Å². The molecular weight excluding hydrogens is 319 g/mol. The first-order chi connectivity index (χ1) is 11.9. The fourth-order valence-electron chi connectivity index (χ4n) is 3.16. The third kappa shape index (κ3) is 4.32. The van der Waals surface area contributed by atoms with Gasteiger partial charge in [-0.3, -0.25) is 9.59 Å². The molecule has 0 saturated carbocycles. The summed E-state index contributed by atoms with van der Waals surface area (Å²) in [4.78, 5) is 22.6. The van der Waals surface area contributed by atoms with Gasteiger partial charge in [-0.1, -0.05) is 0 Å². The first-order valence-electron chi connectivity index (χ1n) is 8.38. The van der Waals surface area contributed by atoms with Gasteiger partial charge in [0.25, 0.3) is 0 Å². The number of rotatable bonds is 6. The van der Waals surface area contributed by atoms with E-state index in [0.717, 1.165) is 28.5 Å². The van der Waals surface area contributed by atoms with Crippen LogP contribution in [0.15, 0.2) is 24.3 Å². The Bertz CT molecular complexity index is 786. The molecule has 0 unspecified atom stereocenters. The molecule has 3 nitrogen and oxygen atoms in total. The van der Waals surface area contributed by atoms with Crippen molar-refractivity contribution in [3.8, 4) is 11.1 Å². The van der Waals surface area contributed by atoms with E-state index in [2.05, 4.69) is 0 Å². The quantitative estimate of drug-likeness (QED) is 0.563. The Balaban J connectivity index is 2.43. The smallest absolute Gasteiger partial charge is 0.306 e. The van der Waals surface area contributed by atoms with Crippen LogP contribution < -0.4 is 0 Å². The van der Waals surface area contributed by atoms with Crippen molar-refractivity contribution in [1.29, 1.82) is 0 Å². The van der Waals surface area contributed by atoms with Crippen molar-refractivity contribution in [2.45, 2.75) is 40.5 Å². The summed E-state index contributed by atoms with van der Waals surface area (Å²) in [5, 5.41) is 0. The van der Waals surface area contributed by atoms with Crippen LogP contribution in [0.4, 0.5) is 4.39 Å². The molecule has 0 N–H and O–H groups in total. The number of carbonyl (C=O) groups is 2. The molecule has 2 aromatic carbocycles. The van der Waals surface area contributed by atoms with Crippen LogP contribution >= 0.6 is 0 Å². The van der Waals surface area contributed by atoms with Gasteiger partial charge in [0, 0.05) is 12.0 Å². The van der Waals surface area contributed by atoms with Crippen LogP contribution in [0.2, 0.25) is 0 Å². The van der Waals surface area contributed by atoms with Crippen molar-refractivity contribution in [3.05, 3.63) is 57.9 Å².